The molecular weight excluding hydrogens is 279 g/mol. The third-order valence-electron chi connectivity index (χ3n) is 4.21. The number of benzene rings is 1. The van der Waals surface area contributed by atoms with Crippen molar-refractivity contribution in [1.82, 2.24) is 19.9 Å². The Morgan fingerprint density at radius 3 is 2.95 bits per heavy atom. The number of nitrogens with zero attached hydrogens (tertiary/aromatic N) is 3. The number of pyridine rings is 1. The fraction of sp³-hybridized carbons (Fsp3) is 0.294. The Kier molecular flexibility index (Phi) is 3.35. The van der Waals surface area contributed by atoms with Crippen LogP contribution in [0, 0.1) is 11.7 Å². The molecule has 0 radical (unpaired) electrons. The summed E-state index contributed by atoms with van der Waals surface area (Å²) in [7, 11) is 0. The number of imidazole rings is 1. The number of aromatic nitrogens is 3. The molecule has 1 aromatic carbocycles. The van der Waals surface area contributed by atoms with E-state index in [0.29, 0.717) is 17.3 Å². The van der Waals surface area contributed by atoms with Crippen molar-refractivity contribution in [1.29, 1.82) is 0 Å². The summed E-state index contributed by atoms with van der Waals surface area (Å²) >= 11 is 0. The van der Waals surface area contributed by atoms with E-state index >= 15 is 0 Å². The number of fused-ring (bicyclic) bond motifs is 1. The average Bonchev–Trinajstić information content (AvgIpc) is 3.16. The van der Waals surface area contributed by atoms with E-state index in [2.05, 4.69) is 10.3 Å². The maximum absolute atomic E-state index is 14.3. The number of para-hydroxylation sites is 1. The van der Waals surface area contributed by atoms with Crippen LogP contribution in [-0.2, 0) is 6.42 Å². The second kappa shape index (κ2) is 5.50. The van der Waals surface area contributed by atoms with E-state index in [1.54, 1.807) is 18.3 Å². The molecule has 1 atom stereocenters. The van der Waals surface area contributed by atoms with Gasteiger partial charge in [0.05, 0.1) is 5.69 Å². The van der Waals surface area contributed by atoms with Crippen LogP contribution in [-0.4, -0.2) is 27.6 Å². The third kappa shape index (κ3) is 2.27. The van der Waals surface area contributed by atoms with Crippen LogP contribution >= 0.6 is 0 Å². The molecule has 1 aliphatic heterocycles. The first-order valence-corrected chi connectivity index (χ1v) is 7.61. The number of nitrogens with one attached hydrogen (secondary N) is 1. The van der Waals surface area contributed by atoms with Gasteiger partial charge in [-0.05, 0) is 49.7 Å². The molecule has 2 aromatic heterocycles. The van der Waals surface area contributed by atoms with Crippen LogP contribution in [0.4, 0.5) is 4.39 Å². The summed E-state index contributed by atoms with van der Waals surface area (Å²) in [5.74, 6) is 1.17. The van der Waals surface area contributed by atoms with Gasteiger partial charge in [0.15, 0.2) is 5.65 Å². The van der Waals surface area contributed by atoms with Gasteiger partial charge in [-0.2, -0.15) is 0 Å². The maximum atomic E-state index is 14.3. The van der Waals surface area contributed by atoms with Crippen LogP contribution in [0.2, 0.25) is 0 Å². The highest BCUT2D eigenvalue weighted by molar-refractivity contribution is 5.73. The Labute approximate surface area is 128 Å². The van der Waals surface area contributed by atoms with Crippen molar-refractivity contribution in [2.75, 3.05) is 13.1 Å². The number of halogens is 1. The normalized spacial score (nSPS) is 18.1. The minimum atomic E-state index is -0.252. The van der Waals surface area contributed by atoms with E-state index in [0.717, 1.165) is 37.3 Å². The molecular formula is C17H17FN4. The molecule has 1 aliphatic rings. The van der Waals surface area contributed by atoms with Crippen molar-refractivity contribution in [2.45, 2.75) is 12.8 Å². The van der Waals surface area contributed by atoms with Crippen molar-refractivity contribution in [2.24, 2.45) is 5.92 Å². The van der Waals surface area contributed by atoms with Crippen molar-refractivity contribution in [3.8, 4) is 5.69 Å². The summed E-state index contributed by atoms with van der Waals surface area (Å²) in [6.07, 6.45) is 3.69. The van der Waals surface area contributed by atoms with Gasteiger partial charge in [0, 0.05) is 12.6 Å². The molecule has 112 valence electrons. The lowest BCUT2D eigenvalue weighted by molar-refractivity contribution is 0.553. The SMILES string of the molecule is Fc1ccccc1-n1c(CC2CCNC2)nc2cccnc21. The highest BCUT2D eigenvalue weighted by Gasteiger charge is 2.21. The molecule has 3 aromatic rings. The first kappa shape index (κ1) is 13.4. The molecule has 1 fully saturated rings. The Bertz CT molecular complexity index is 805. The summed E-state index contributed by atoms with van der Waals surface area (Å²) in [5.41, 5.74) is 2.05. The predicted molar refractivity (Wildman–Crippen MR) is 83.5 cm³/mol. The van der Waals surface area contributed by atoms with E-state index < -0.39 is 0 Å². The number of hydrogen-bond donors (Lipinski definition) is 1. The summed E-state index contributed by atoms with van der Waals surface area (Å²) < 4.78 is 16.1. The molecule has 1 N–H and O–H groups in total. The average molecular weight is 296 g/mol. The van der Waals surface area contributed by atoms with Crippen LogP contribution in [0.1, 0.15) is 12.2 Å². The van der Waals surface area contributed by atoms with E-state index in [-0.39, 0.29) is 5.82 Å². The molecule has 0 aliphatic carbocycles. The molecule has 1 saturated heterocycles. The van der Waals surface area contributed by atoms with Crippen LogP contribution in [0.25, 0.3) is 16.9 Å². The second-order valence-electron chi connectivity index (χ2n) is 5.72. The Hall–Kier alpha value is -2.27. The highest BCUT2D eigenvalue weighted by atomic mass is 19.1. The number of rotatable bonds is 3. The topological polar surface area (TPSA) is 42.7 Å². The van der Waals surface area contributed by atoms with Gasteiger partial charge in [0.25, 0.3) is 0 Å². The zero-order valence-electron chi connectivity index (χ0n) is 12.2. The molecule has 5 heteroatoms. The largest absolute Gasteiger partial charge is 0.316 e. The zero-order chi connectivity index (χ0) is 14.9. The van der Waals surface area contributed by atoms with Gasteiger partial charge < -0.3 is 5.32 Å². The van der Waals surface area contributed by atoms with Gasteiger partial charge in [-0.25, -0.2) is 14.4 Å². The van der Waals surface area contributed by atoms with Crippen molar-refractivity contribution < 1.29 is 4.39 Å². The molecule has 0 spiro atoms. The summed E-state index contributed by atoms with van der Waals surface area (Å²) in [6, 6.07) is 10.6. The van der Waals surface area contributed by atoms with Crippen molar-refractivity contribution in [3.05, 3.63) is 54.2 Å². The molecule has 22 heavy (non-hydrogen) atoms. The maximum Gasteiger partial charge on any atom is 0.164 e. The monoisotopic (exact) mass is 296 g/mol. The lowest BCUT2D eigenvalue weighted by atomic mass is 10.0. The van der Waals surface area contributed by atoms with Gasteiger partial charge in [0.2, 0.25) is 0 Å². The van der Waals surface area contributed by atoms with Crippen LogP contribution in [0.5, 0.6) is 0 Å². The minimum absolute atomic E-state index is 0.252. The van der Waals surface area contributed by atoms with E-state index in [9.17, 15) is 4.39 Å². The van der Waals surface area contributed by atoms with Gasteiger partial charge in [0.1, 0.15) is 17.2 Å². The minimum Gasteiger partial charge on any atom is -0.316 e. The molecule has 4 rings (SSSR count). The fourth-order valence-electron chi connectivity index (χ4n) is 3.13. The van der Waals surface area contributed by atoms with Crippen molar-refractivity contribution >= 4 is 11.2 Å². The highest BCUT2D eigenvalue weighted by Crippen LogP contribution is 2.24. The van der Waals surface area contributed by atoms with Gasteiger partial charge in [-0.3, -0.25) is 4.57 Å². The smallest absolute Gasteiger partial charge is 0.164 e. The Morgan fingerprint density at radius 1 is 1.23 bits per heavy atom. The van der Waals surface area contributed by atoms with Crippen LogP contribution in [0.3, 0.4) is 0 Å². The standard InChI is InChI=1S/C17H17FN4/c18-13-4-1-2-6-15(13)22-16(10-12-7-9-19-11-12)21-14-5-3-8-20-17(14)22/h1-6,8,12,19H,7,9-11H2. The molecule has 0 amide bonds. The molecule has 0 bridgehead atoms. The number of hydrogen-bond acceptors (Lipinski definition) is 3. The first-order valence-electron chi connectivity index (χ1n) is 7.61. The summed E-state index contributed by atoms with van der Waals surface area (Å²) in [6.45, 7) is 2.04. The van der Waals surface area contributed by atoms with Gasteiger partial charge in [-0.1, -0.05) is 12.1 Å². The molecule has 1 unspecified atom stereocenters. The molecule has 4 nitrogen and oxygen atoms in total. The van der Waals surface area contributed by atoms with Crippen LogP contribution < -0.4 is 5.32 Å². The van der Waals surface area contributed by atoms with E-state index in [1.165, 1.54) is 6.07 Å². The predicted octanol–water partition coefficient (Wildman–Crippen LogP) is 2.71. The zero-order valence-corrected chi connectivity index (χ0v) is 12.2. The molecule has 0 saturated carbocycles. The lowest BCUT2D eigenvalue weighted by Gasteiger charge is -2.12. The second-order valence-corrected chi connectivity index (χ2v) is 5.72. The summed E-state index contributed by atoms with van der Waals surface area (Å²) in [4.78, 5) is 9.11. The van der Waals surface area contributed by atoms with Gasteiger partial charge in [-0.15, -0.1) is 0 Å². The Morgan fingerprint density at radius 2 is 2.14 bits per heavy atom. The molecule has 3 heterocycles. The Balaban J connectivity index is 1.88. The first-order chi connectivity index (χ1) is 10.8. The van der Waals surface area contributed by atoms with Gasteiger partial charge >= 0.3 is 0 Å². The van der Waals surface area contributed by atoms with Crippen molar-refractivity contribution in [3.63, 3.8) is 0 Å². The van der Waals surface area contributed by atoms with E-state index in [1.807, 2.05) is 22.8 Å². The van der Waals surface area contributed by atoms with Crippen LogP contribution in [0.15, 0.2) is 42.6 Å². The summed E-state index contributed by atoms with van der Waals surface area (Å²) in [5, 5.41) is 3.37. The lowest BCUT2D eigenvalue weighted by Crippen LogP contribution is -2.14. The quantitative estimate of drug-likeness (QED) is 0.808. The third-order valence-corrected chi connectivity index (χ3v) is 4.21. The van der Waals surface area contributed by atoms with E-state index in [4.69, 9.17) is 4.98 Å². The fourth-order valence-corrected chi connectivity index (χ4v) is 3.13.